The molecule has 0 N–H and O–H groups in total. The Labute approximate surface area is 286 Å². The molecule has 0 aliphatic heterocycles. The number of benzene rings is 4. The van der Waals surface area contributed by atoms with E-state index in [1.54, 1.807) is 35.5 Å². The minimum absolute atomic E-state index is 0. The molecule has 0 spiro atoms. The Morgan fingerprint density at radius 3 is 1.70 bits per heavy atom. The second-order valence-corrected chi connectivity index (χ2v) is 20.4. The topological polar surface area (TPSA) is 0 Å². The zero-order valence-electron chi connectivity index (χ0n) is 25.4. The molecular formula is C37H35Cl2F3SiZr-2. The first-order valence-corrected chi connectivity index (χ1v) is 20.2. The van der Waals surface area contributed by atoms with Crippen LogP contribution in [0.2, 0.25) is 13.1 Å². The fourth-order valence-electron chi connectivity index (χ4n) is 5.02. The molecule has 228 valence electrons. The number of hydrogen-bond donors (Lipinski definition) is 0. The van der Waals surface area contributed by atoms with E-state index in [4.69, 9.17) is 0 Å². The third-order valence-electron chi connectivity index (χ3n) is 6.95. The maximum Gasteiger partial charge on any atom is 0.382 e. The first-order valence-electron chi connectivity index (χ1n) is 14.0. The minimum atomic E-state index is -4.33. The Morgan fingerprint density at radius 2 is 1.20 bits per heavy atom. The molecule has 0 bridgehead atoms. The predicted molar refractivity (Wildman–Crippen MR) is 171 cm³/mol. The summed E-state index contributed by atoms with van der Waals surface area (Å²) in [4.78, 5) is 0. The van der Waals surface area contributed by atoms with Crippen molar-refractivity contribution in [3.05, 3.63) is 132 Å². The zero-order valence-corrected chi connectivity index (χ0v) is 30.4. The first kappa shape index (κ1) is 37.8. The van der Waals surface area contributed by atoms with Gasteiger partial charge in [-0.3, -0.25) is 0 Å². The monoisotopic (exact) mass is 724 g/mol. The van der Waals surface area contributed by atoms with Crippen molar-refractivity contribution in [1.82, 2.24) is 0 Å². The molecule has 6 aromatic carbocycles. The number of aryl methyl sites for hydroxylation is 1. The van der Waals surface area contributed by atoms with E-state index in [-0.39, 0.29) is 35.6 Å². The average Bonchev–Trinajstić information content (AvgIpc) is 3.56. The van der Waals surface area contributed by atoms with Crippen molar-refractivity contribution in [3.8, 4) is 22.3 Å². The summed E-state index contributed by atoms with van der Waals surface area (Å²) in [5.74, 6) is 0.584. The van der Waals surface area contributed by atoms with Crippen molar-refractivity contribution in [3.63, 3.8) is 0 Å². The van der Waals surface area contributed by atoms with Crippen LogP contribution in [0.1, 0.15) is 36.5 Å². The molecule has 44 heavy (non-hydrogen) atoms. The molecule has 0 heterocycles. The van der Waals surface area contributed by atoms with Gasteiger partial charge < -0.3 is 24.8 Å². The summed E-state index contributed by atoms with van der Waals surface area (Å²) in [6, 6.07) is 37.4. The van der Waals surface area contributed by atoms with Crippen molar-refractivity contribution >= 4 is 27.0 Å². The van der Waals surface area contributed by atoms with E-state index in [2.05, 4.69) is 87.6 Å². The van der Waals surface area contributed by atoms with Crippen LogP contribution in [0.4, 0.5) is 13.2 Å². The standard InChI is InChI=1S/C18H17.C17H12F3.C2H6Si.2ClH.Zr/c1-13(2)16-11-15-9-6-10-17(18(15)12-16)14-7-4-3-5-8-14;1-11-9-14-13(12-5-3-2-4-6-12)7-8-16(15(14)10-11)17(18,19)20;1-3-2;;;/h3-13H,1-2H3;2-10H,1H3;1-2H3;2*1H;/q2*-1;;;;+2/p-2. The Morgan fingerprint density at radius 1 is 0.682 bits per heavy atom. The molecule has 0 saturated heterocycles. The number of fused-ring (bicyclic) bond motifs is 2. The Kier molecular flexibility index (Phi) is 14.4. The third-order valence-corrected chi connectivity index (χ3v) is 6.95. The van der Waals surface area contributed by atoms with E-state index in [1.807, 2.05) is 43.3 Å². The largest absolute Gasteiger partial charge is 1.00 e. The van der Waals surface area contributed by atoms with Gasteiger partial charge in [-0.05, 0) is 22.6 Å². The van der Waals surface area contributed by atoms with Gasteiger partial charge in [0.25, 0.3) is 0 Å². The number of rotatable bonds is 3. The van der Waals surface area contributed by atoms with Crippen LogP contribution in [0, 0.1) is 6.92 Å². The molecule has 0 aliphatic rings. The summed E-state index contributed by atoms with van der Waals surface area (Å²) in [5, 5.41) is 3.65. The van der Waals surface area contributed by atoms with E-state index in [9.17, 15) is 13.2 Å². The summed E-state index contributed by atoms with van der Waals surface area (Å²) in [7, 11) is 0. The summed E-state index contributed by atoms with van der Waals surface area (Å²) in [6.45, 7) is 10.9. The van der Waals surface area contributed by atoms with Crippen molar-refractivity contribution in [2.75, 3.05) is 0 Å². The van der Waals surface area contributed by atoms with Crippen molar-refractivity contribution in [1.29, 1.82) is 0 Å². The summed E-state index contributed by atoms with van der Waals surface area (Å²) < 4.78 is 39.2. The summed E-state index contributed by atoms with van der Waals surface area (Å²) in [6.07, 6.45) is -4.33. The third kappa shape index (κ3) is 9.54. The van der Waals surface area contributed by atoms with Crippen LogP contribution in [0.3, 0.4) is 0 Å². The molecule has 0 amide bonds. The number of halogens is 5. The second-order valence-electron chi connectivity index (χ2n) is 11.0. The Hall–Kier alpha value is -2.43. The molecule has 0 unspecified atom stereocenters. The normalized spacial score (nSPS) is 10.7. The van der Waals surface area contributed by atoms with Gasteiger partial charge in [0.05, 0.1) is 0 Å². The van der Waals surface area contributed by atoms with Gasteiger partial charge in [-0.15, -0.1) is 56.9 Å². The molecule has 0 fully saturated rings. The maximum absolute atomic E-state index is 13.1. The Balaban J connectivity index is 0.000000264. The van der Waals surface area contributed by atoms with Crippen LogP contribution < -0.4 is 24.8 Å². The molecule has 6 rings (SSSR count). The summed E-state index contributed by atoms with van der Waals surface area (Å²) in [5.41, 5.74) is 6.30. The van der Waals surface area contributed by atoms with Crippen molar-refractivity contribution in [2.45, 2.75) is 46.0 Å². The molecule has 0 nitrogen and oxygen atoms in total. The molecule has 0 aromatic heterocycles. The second kappa shape index (κ2) is 16.8. The molecule has 0 aliphatic carbocycles. The molecule has 0 radical (unpaired) electrons. The SMILES string of the molecule is CC(C)c1cc2c(-c3ccccc3)cccc2[cH-]1.C[Si](C)=[Zr+2].Cc1cc2c(-c3ccccc3)ccc(C(F)(F)F)c2[cH-]1.[Cl-].[Cl-]. The van der Waals surface area contributed by atoms with Gasteiger partial charge in [-0.2, -0.15) is 25.3 Å². The predicted octanol–water partition coefficient (Wildman–Crippen LogP) is 5.69. The van der Waals surface area contributed by atoms with E-state index >= 15 is 0 Å². The van der Waals surface area contributed by atoms with Crippen LogP contribution in [-0.2, 0) is 29.5 Å². The Bertz CT molecular complexity index is 1780. The van der Waals surface area contributed by atoms with Gasteiger partial charge in [0.1, 0.15) is 0 Å². The van der Waals surface area contributed by atoms with Gasteiger partial charge in [0.15, 0.2) is 0 Å². The molecule has 0 atom stereocenters. The fraction of sp³-hybridized carbons (Fsp3) is 0.189. The van der Waals surface area contributed by atoms with Crippen LogP contribution in [0.5, 0.6) is 0 Å². The van der Waals surface area contributed by atoms with E-state index in [1.165, 1.54) is 33.5 Å². The summed E-state index contributed by atoms with van der Waals surface area (Å²) >= 11 is 1.74. The molecule has 6 aromatic rings. The average molecular weight is 727 g/mol. The zero-order chi connectivity index (χ0) is 30.4. The smallest absolute Gasteiger partial charge is 0.382 e. The van der Waals surface area contributed by atoms with Gasteiger partial charge in [-0.25, -0.2) is 0 Å². The molecule has 0 saturated carbocycles. The maximum atomic E-state index is 13.1. The first-order chi connectivity index (χ1) is 20.0. The quantitative estimate of drug-likeness (QED) is 0.163. The van der Waals surface area contributed by atoms with Crippen LogP contribution >= 0.6 is 0 Å². The van der Waals surface area contributed by atoms with Crippen molar-refractivity contribution in [2.24, 2.45) is 0 Å². The van der Waals surface area contributed by atoms with Crippen LogP contribution in [-0.4, -0.2) is 5.43 Å². The molecule has 7 heteroatoms. The van der Waals surface area contributed by atoms with Crippen molar-refractivity contribution < 1.29 is 61.3 Å². The van der Waals surface area contributed by atoms with E-state index in [0.717, 1.165) is 16.7 Å². The van der Waals surface area contributed by atoms with Gasteiger partial charge in [0.2, 0.25) is 0 Å². The molecular weight excluding hydrogens is 692 g/mol. The van der Waals surface area contributed by atoms with E-state index < -0.39 is 11.7 Å². The van der Waals surface area contributed by atoms with Crippen LogP contribution in [0.25, 0.3) is 43.8 Å². The van der Waals surface area contributed by atoms with E-state index in [0.29, 0.717) is 11.3 Å². The minimum Gasteiger partial charge on any atom is -1.00 e. The van der Waals surface area contributed by atoms with Crippen LogP contribution in [0.15, 0.2) is 115 Å². The fourth-order valence-corrected chi connectivity index (χ4v) is 5.02. The van der Waals surface area contributed by atoms with Gasteiger partial charge in [-0.1, -0.05) is 111 Å². The number of hydrogen-bond acceptors (Lipinski definition) is 0. The number of alkyl halides is 3. The van der Waals surface area contributed by atoms with Gasteiger partial charge >= 0.3 is 48.0 Å². The van der Waals surface area contributed by atoms with Gasteiger partial charge in [0, 0.05) is 0 Å².